The number of hydrogen-bond acceptors (Lipinski definition) is 4. The van der Waals surface area contributed by atoms with Gasteiger partial charge in [0.2, 0.25) is 0 Å². The van der Waals surface area contributed by atoms with Crippen molar-refractivity contribution in [3.8, 4) is 5.75 Å². The molecule has 0 unspecified atom stereocenters. The average Bonchev–Trinajstić information content (AvgIpc) is 2.69. The Morgan fingerprint density at radius 2 is 1.96 bits per heavy atom. The van der Waals surface area contributed by atoms with Crippen LogP contribution in [0.25, 0.3) is 10.9 Å². The molecule has 0 atom stereocenters. The molecular weight excluding hydrogens is 365 g/mol. The van der Waals surface area contributed by atoms with Gasteiger partial charge in [0.05, 0.1) is 25.8 Å². The monoisotopic (exact) mass is 385 g/mol. The van der Waals surface area contributed by atoms with Gasteiger partial charge in [0, 0.05) is 23.9 Å². The molecule has 2 amide bonds. The highest BCUT2D eigenvalue weighted by molar-refractivity contribution is 5.89. The van der Waals surface area contributed by atoms with Crippen molar-refractivity contribution in [2.24, 2.45) is 0 Å². The van der Waals surface area contributed by atoms with Gasteiger partial charge in [-0.3, -0.25) is 4.79 Å². The number of nitrogens with zero attached hydrogens (tertiary/aromatic N) is 1. The lowest BCUT2D eigenvalue weighted by molar-refractivity contribution is 0.185. The minimum Gasteiger partial charge on any atom is -0.497 e. The summed E-state index contributed by atoms with van der Waals surface area (Å²) < 4.78 is 18.2. The van der Waals surface area contributed by atoms with E-state index < -0.39 is 11.8 Å². The van der Waals surface area contributed by atoms with Gasteiger partial charge >= 0.3 is 6.03 Å². The lowest BCUT2D eigenvalue weighted by Crippen LogP contribution is -2.38. The Bertz CT molecular complexity index is 1030. The Kier molecular flexibility index (Phi) is 5.90. The van der Waals surface area contributed by atoms with Crippen LogP contribution in [-0.4, -0.2) is 41.3 Å². The first-order valence-electron chi connectivity index (χ1n) is 8.62. The van der Waals surface area contributed by atoms with E-state index in [1.165, 1.54) is 29.2 Å². The number of methoxy groups -OCH3 is 1. The third kappa shape index (κ3) is 4.47. The summed E-state index contributed by atoms with van der Waals surface area (Å²) in [5, 5.41) is 12.7. The number of carbonyl (C=O) groups excluding carboxylic acids is 1. The highest BCUT2D eigenvalue weighted by atomic mass is 19.1. The largest absolute Gasteiger partial charge is 0.497 e. The fraction of sp³-hybridized carbons (Fsp3) is 0.200. The van der Waals surface area contributed by atoms with Gasteiger partial charge in [-0.25, -0.2) is 9.18 Å². The van der Waals surface area contributed by atoms with E-state index in [0.717, 1.165) is 5.39 Å². The van der Waals surface area contributed by atoms with Crippen LogP contribution < -0.4 is 15.6 Å². The predicted octanol–water partition coefficient (Wildman–Crippen LogP) is 2.70. The lowest BCUT2D eigenvalue weighted by atomic mass is 10.1. The molecule has 146 valence electrons. The highest BCUT2D eigenvalue weighted by Gasteiger charge is 2.16. The first-order valence-corrected chi connectivity index (χ1v) is 8.62. The quantitative estimate of drug-likeness (QED) is 0.608. The number of aromatic amines is 1. The smallest absolute Gasteiger partial charge is 0.322 e. The van der Waals surface area contributed by atoms with E-state index in [0.29, 0.717) is 22.5 Å². The van der Waals surface area contributed by atoms with Gasteiger partial charge in [0.25, 0.3) is 5.56 Å². The number of carbonyl (C=O) groups is 1. The zero-order valence-corrected chi connectivity index (χ0v) is 15.2. The van der Waals surface area contributed by atoms with Gasteiger partial charge in [0.1, 0.15) is 11.6 Å². The molecule has 0 radical (unpaired) electrons. The summed E-state index contributed by atoms with van der Waals surface area (Å²) in [5.74, 6) is 0.209. The Labute approximate surface area is 160 Å². The van der Waals surface area contributed by atoms with Crippen LogP contribution in [0.5, 0.6) is 5.75 Å². The number of aromatic nitrogens is 1. The molecule has 0 saturated carbocycles. The molecule has 1 heterocycles. The molecule has 3 aromatic rings. The van der Waals surface area contributed by atoms with Crippen LogP contribution >= 0.6 is 0 Å². The van der Waals surface area contributed by atoms with E-state index >= 15 is 0 Å². The number of aliphatic hydroxyl groups is 1. The Morgan fingerprint density at radius 3 is 2.64 bits per heavy atom. The first kappa shape index (κ1) is 19.4. The number of urea groups is 1. The van der Waals surface area contributed by atoms with Crippen molar-refractivity contribution in [3.63, 3.8) is 0 Å². The molecule has 0 spiro atoms. The summed E-state index contributed by atoms with van der Waals surface area (Å²) in [6.45, 7) is -0.225. The molecule has 7 nitrogen and oxygen atoms in total. The van der Waals surface area contributed by atoms with Crippen LogP contribution in [0, 0.1) is 5.82 Å². The van der Waals surface area contributed by atoms with E-state index in [1.54, 1.807) is 25.3 Å². The minimum absolute atomic E-state index is 0.00485. The van der Waals surface area contributed by atoms with Gasteiger partial charge in [0.15, 0.2) is 0 Å². The third-order valence-corrected chi connectivity index (χ3v) is 4.24. The molecule has 2 aromatic carbocycles. The van der Waals surface area contributed by atoms with Crippen molar-refractivity contribution >= 4 is 22.6 Å². The molecule has 0 aliphatic carbocycles. The van der Waals surface area contributed by atoms with Crippen molar-refractivity contribution in [1.29, 1.82) is 0 Å². The number of benzene rings is 2. The second-order valence-corrected chi connectivity index (χ2v) is 6.16. The summed E-state index contributed by atoms with van der Waals surface area (Å²) >= 11 is 0. The normalized spacial score (nSPS) is 10.7. The zero-order chi connectivity index (χ0) is 20.1. The molecule has 3 rings (SSSR count). The van der Waals surface area contributed by atoms with Crippen molar-refractivity contribution in [2.75, 3.05) is 25.6 Å². The SMILES string of the molecule is COc1ccc2cc(CN(CCO)C(=O)Nc3ccc(F)cc3)c(=O)[nH]c2c1. The Balaban J connectivity index is 1.83. The van der Waals surface area contributed by atoms with E-state index in [9.17, 15) is 19.1 Å². The number of fused-ring (bicyclic) bond motifs is 1. The van der Waals surface area contributed by atoms with E-state index in [4.69, 9.17) is 4.74 Å². The number of ether oxygens (including phenoxy) is 1. The number of nitrogens with one attached hydrogen (secondary N) is 2. The van der Waals surface area contributed by atoms with Crippen LogP contribution in [0.3, 0.4) is 0 Å². The molecule has 3 N–H and O–H groups in total. The number of pyridine rings is 1. The fourth-order valence-corrected chi connectivity index (χ4v) is 2.78. The van der Waals surface area contributed by atoms with Gasteiger partial charge in [-0.05, 0) is 47.9 Å². The number of H-pyrrole nitrogens is 1. The molecule has 0 aliphatic rings. The summed E-state index contributed by atoms with van der Waals surface area (Å²) in [6.07, 6.45) is 0. The minimum atomic E-state index is -0.505. The van der Waals surface area contributed by atoms with E-state index in [1.807, 2.05) is 6.07 Å². The maximum Gasteiger partial charge on any atom is 0.322 e. The van der Waals surface area contributed by atoms with Crippen LogP contribution in [0.4, 0.5) is 14.9 Å². The second-order valence-electron chi connectivity index (χ2n) is 6.16. The number of amides is 2. The summed E-state index contributed by atoms with van der Waals surface area (Å²) in [4.78, 5) is 29.0. The molecule has 28 heavy (non-hydrogen) atoms. The lowest BCUT2D eigenvalue weighted by Gasteiger charge is -2.22. The Morgan fingerprint density at radius 1 is 1.21 bits per heavy atom. The standard InChI is InChI=1S/C20H20FN3O4/c1-28-17-7-2-13-10-14(19(26)23-18(13)11-17)12-24(8-9-25)20(27)22-16-5-3-15(21)4-6-16/h2-7,10-11,25H,8-9,12H2,1H3,(H,22,27)(H,23,26). The summed E-state index contributed by atoms with van der Waals surface area (Å²) in [6, 6.07) is 11.8. The van der Waals surface area contributed by atoms with Crippen LogP contribution in [-0.2, 0) is 6.54 Å². The highest BCUT2D eigenvalue weighted by Crippen LogP contribution is 2.19. The van der Waals surface area contributed by atoms with Gasteiger partial charge < -0.3 is 25.0 Å². The Hall–Kier alpha value is -3.39. The zero-order valence-electron chi connectivity index (χ0n) is 15.2. The molecular formula is C20H20FN3O4. The fourth-order valence-electron chi connectivity index (χ4n) is 2.78. The predicted molar refractivity (Wildman–Crippen MR) is 104 cm³/mol. The number of aliphatic hydroxyl groups excluding tert-OH is 1. The first-order chi connectivity index (χ1) is 13.5. The van der Waals surface area contributed by atoms with Gasteiger partial charge in [-0.1, -0.05) is 0 Å². The number of rotatable bonds is 6. The van der Waals surface area contributed by atoms with Crippen molar-refractivity contribution in [3.05, 3.63) is 70.3 Å². The van der Waals surface area contributed by atoms with Crippen LogP contribution in [0.2, 0.25) is 0 Å². The summed E-state index contributed by atoms with van der Waals surface area (Å²) in [7, 11) is 1.54. The molecule has 8 heteroatoms. The number of halogens is 1. The maximum atomic E-state index is 13.0. The third-order valence-electron chi connectivity index (χ3n) is 4.24. The number of hydrogen-bond donors (Lipinski definition) is 3. The molecule has 0 saturated heterocycles. The maximum absolute atomic E-state index is 13.0. The van der Waals surface area contributed by atoms with Crippen molar-refractivity contribution < 1.29 is 19.0 Å². The number of anilines is 1. The van der Waals surface area contributed by atoms with Crippen molar-refractivity contribution in [1.82, 2.24) is 9.88 Å². The molecule has 0 fully saturated rings. The van der Waals surface area contributed by atoms with Crippen molar-refractivity contribution in [2.45, 2.75) is 6.54 Å². The second kappa shape index (κ2) is 8.53. The average molecular weight is 385 g/mol. The van der Waals surface area contributed by atoms with Crippen LogP contribution in [0.15, 0.2) is 53.3 Å². The summed E-state index contributed by atoms with van der Waals surface area (Å²) in [5.41, 5.74) is 1.07. The van der Waals surface area contributed by atoms with Gasteiger partial charge in [-0.15, -0.1) is 0 Å². The molecule has 1 aromatic heterocycles. The van der Waals surface area contributed by atoms with Crippen LogP contribution in [0.1, 0.15) is 5.56 Å². The van der Waals surface area contributed by atoms with E-state index in [-0.39, 0.29) is 25.3 Å². The topological polar surface area (TPSA) is 94.7 Å². The van der Waals surface area contributed by atoms with E-state index in [2.05, 4.69) is 10.3 Å². The van der Waals surface area contributed by atoms with Gasteiger partial charge in [-0.2, -0.15) is 0 Å². The molecule has 0 bridgehead atoms. The molecule has 0 aliphatic heterocycles.